The summed E-state index contributed by atoms with van der Waals surface area (Å²) in [5.74, 6) is 1.26. The third-order valence-electron chi connectivity index (χ3n) is 2.24. The zero-order chi connectivity index (χ0) is 10.1. The second-order valence-corrected chi connectivity index (χ2v) is 3.67. The Balaban J connectivity index is 2.70. The fourth-order valence-corrected chi connectivity index (χ4v) is 1.49. The van der Waals surface area contributed by atoms with E-state index in [1.807, 2.05) is 6.07 Å². The Hall–Kier alpha value is -1.38. The molecule has 0 fully saturated rings. The molecule has 2 heterocycles. The highest BCUT2D eigenvalue weighted by Gasteiger charge is 2.12. The first-order valence-corrected chi connectivity index (χ1v) is 4.96. The third kappa shape index (κ3) is 1.39. The van der Waals surface area contributed by atoms with Crippen LogP contribution in [-0.4, -0.2) is 9.97 Å². The highest BCUT2D eigenvalue weighted by molar-refractivity contribution is 5.75. The summed E-state index contributed by atoms with van der Waals surface area (Å²) in [5.41, 5.74) is 2.76. The molecule has 0 amide bonds. The van der Waals surface area contributed by atoms with E-state index in [2.05, 4.69) is 30.7 Å². The first kappa shape index (κ1) is 9.19. The summed E-state index contributed by atoms with van der Waals surface area (Å²) in [6, 6.07) is 1.89. The van der Waals surface area contributed by atoms with E-state index in [1.165, 1.54) is 0 Å². The zero-order valence-electron chi connectivity index (χ0n) is 8.74. The van der Waals surface area contributed by atoms with E-state index < -0.39 is 0 Å². The van der Waals surface area contributed by atoms with E-state index in [0.717, 1.165) is 29.0 Å². The van der Waals surface area contributed by atoms with E-state index in [4.69, 9.17) is 4.42 Å². The van der Waals surface area contributed by atoms with Crippen molar-refractivity contribution >= 4 is 11.1 Å². The molecule has 0 aliphatic heterocycles. The van der Waals surface area contributed by atoms with Gasteiger partial charge < -0.3 is 4.42 Å². The van der Waals surface area contributed by atoms with Crippen molar-refractivity contribution in [1.29, 1.82) is 0 Å². The number of nitrogens with zero attached hydrogens (tertiary/aromatic N) is 2. The van der Waals surface area contributed by atoms with Crippen molar-refractivity contribution in [2.45, 2.75) is 33.1 Å². The maximum absolute atomic E-state index is 5.38. The smallest absolute Gasteiger partial charge is 0.174 e. The average molecular weight is 190 g/mol. The van der Waals surface area contributed by atoms with Crippen LogP contribution >= 0.6 is 0 Å². The molecule has 2 aromatic rings. The molecule has 0 N–H and O–H groups in total. The molecule has 2 rings (SSSR count). The van der Waals surface area contributed by atoms with Gasteiger partial charge in [-0.25, -0.2) is 9.97 Å². The molecule has 3 heteroatoms. The molecule has 0 radical (unpaired) electrons. The maximum Gasteiger partial charge on any atom is 0.174 e. The molecule has 0 aliphatic carbocycles. The van der Waals surface area contributed by atoms with Crippen LogP contribution in [0.5, 0.6) is 0 Å². The molecular formula is C11H14N2O. The Bertz CT molecular complexity index is 445. The van der Waals surface area contributed by atoms with Crippen LogP contribution in [0.4, 0.5) is 0 Å². The summed E-state index contributed by atoms with van der Waals surface area (Å²) in [7, 11) is 0. The van der Waals surface area contributed by atoms with E-state index in [0.29, 0.717) is 5.92 Å². The average Bonchev–Trinajstić information content (AvgIpc) is 2.63. The largest absolute Gasteiger partial charge is 0.461 e. The molecule has 74 valence electrons. The normalized spacial score (nSPS) is 11.4. The number of furan rings is 1. The molecule has 3 nitrogen and oxygen atoms in total. The molecule has 0 spiro atoms. The molecule has 0 atom stereocenters. The quantitative estimate of drug-likeness (QED) is 0.730. The maximum atomic E-state index is 5.38. The van der Waals surface area contributed by atoms with Crippen LogP contribution in [0.2, 0.25) is 0 Å². The van der Waals surface area contributed by atoms with Crippen LogP contribution in [-0.2, 0) is 6.42 Å². The lowest BCUT2D eigenvalue weighted by molar-refractivity contribution is 0.600. The minimum absolute atomic E-state index is 0.372. The fraction of sp³-hybridized carbons (Fsp3) is 0.455. The van der Waals surface area contributed by atoms with E-state index in [1.54, 1.807) is 6.26 Å². The Morgan fingerprint density at radius 1 is 1.36 bits per heavy atom. The second-order valence-electron chi connectivity index (χ2n) is 3.67. The van der Waals surface area contributed by atoms with Crippen molar-refractivity contribution in [2.75, 3.05) is 0 Å². The molecule has 0 bridgehead atoms. The third-order valence-corrected chi connectivity index (χ3v) is 2.24. The number of aryl methyl sites for hydroxylation is 1. The molecule has 0 saturated carbocycles. The van der Waals surface area contributed by atoms with Crippen LogP contribution in [0.15, 0.2) is 16.7 Å². The molecule has 2 aromatic heterocycles. The molecule has 14 heavy (non-hydrogen) atoms. The van der Waals surface area contributed by atoms with Crippen molar-refractivity contribution < 1.29 is 4.42 Å². The Labute approximate surface area is 83.2 Å². The van der Waals surface area contributed by atoms with Gasteiger partial charge in [0.2, 0.25) is 0 Å². The number of hydrogen-bond donors (Lipinski definition) is 0. The van der Waals surface area contributed by atoms with E-state index in [-0.39, 0.29) is 0 Å². The minimum atomic E-state index is 0.372. The summed E-state index contributed by atoms with van der Waals surface area (Å²) < 4.78 is 5.38. The lowest BCUT2D eigenvalue weighted by atomic mass is 10.1. The van der Waals surface area contributed by atoms with Gasteiger partial charge in [-0.15, -0.1) is 0 Å². The Kier molecular flexibility index (Phi) is 2.23. The number of aromatic nitrogens is 2. The summed E-state index contributed by atoms with van der Waals surface area (Å²) >= 11 is 0. The van der Waals surface area contributed by atoms with Gasteiger partial charge >= 0.3 is 0 Å². The minimum Gasteiger partial charge on any atom is -0.461 e. The molecular weight excluding hydrogens is 176 g/mol. The van der Waals surface area contributed by atoms with Crippen LogP contribution in [0.3, 0.4) is 0 Å². The van der Waals surface area contributed by atoms with Gasteiger partial charge in [0, 0.05) is 12.5 Å². The van der Waals surface area contributed by atoms with E-state index >= 15 is 0 Å². The van der Waals surface area contributed by atoms with Crippen LogP contribution in [0.25, 0.3) is 11.1 Å². The van der Waals surface area contributed by atoms with Gasteiger partial charge in [0.25, 0.3) is 0 Å². The highest BCUT2D eigenvalue weighted by atomic mass is 16.3. The van der Waals surface area contributed by atoms with Gasteiger partial charge in [0.05, 0.1) is 12.0 Å². The summed E-state index contributed by atoms with van der Waals surface area (Å²) in [6.07, 6.45) is 2.53. The number of rotatable bonds is 2. The predicted octanol–water partition coefficient (Wildman–Crippen LogP) is 2.91. The van der Waals surface area contributed by atoms with Gasteiger partial charge in [0.15, 0.2) is 5.58 Å². The fourth-order valence-electron chi connectivity index (χ4n) is 1.49. The van der Waals surface area contributed by atoms with Crippen LogP contribution < -0.4 is 0 Å². The standard InChI is InChI=1S/C11H14N2O/c1-4-9-12-8-5-6-14-11(8)10(13-9)7(2)3/h5-7H,4H2,1-3H3. The van der Waals surface area contributed by atoms with Crippen molar-refractivity contribution in [1.82, 2.24) is 9.97 Å². The van der Waals surface area contributed by atoms with Crippen LogP contribution in [0, 0.1) is 0 Å². The summed E-state index contributed by atoms with van der Waals surface area (Å²) in [4.78, 5) is 8.88. The molecule has 0 saturated heterocycles. The number of hydrogen-bond acceptors (Lipinski definition) is 3. The lowest BCUT2D eigenvalue weighted by Gasteiger charge is -2.06. The Morgan fingerprint density at radius 3 is 2.79 bits per heavy atom. The van der Waals surface area contributed by atoms with Gasteiger partial charge in [-0.3, -0.25) is 0 Å². The second kappa shape index (κ2) is 3.40. The Morgan fingerprint density at radius 2 is 2.14 bits per heavy atom. The lowest BCUT2D eigenvalue weighted by Crippen LogP contribution is -2.00. The van der Waals surface area contributed by atoms with Crippen molar-refractivity contribution in [3.05, 3.63) is 23.8 Å². The predicted molar refractivity (Wildman–Crippen MR) is 55.3 cm³/mol. The van der Waals surface area contributed by atoms with Crippen molar-refractivity contribution in [3.63, 3.8) is 0 Å². The summed E-state index contributed by atoms with van der Waals surface area (Å²) in [6.45, 7) is 6.29. The van der Waals surface area contributed by atoms with Crippen molar-refractivity contribution in [3.8, 4) is 0 Å². The zero-order valence-corrected chi connectivity index (χ0v) is 8.74. The van der Waals surface area contributed by atoms with Gasteiger partial charge in [0.1, 0.15) is 11.3 Å². The first-order chi connectivity index (χ1) is 6.72. The number of fused-ring (bicyclic) bond motifs is 1. The summed E-state index contributed by atoms with van der Waals surface area (Å²) in [5, 5.41) is 0. The van der Waals surface area contributed by atoms with Gasteiger partial charge in [-0.05, 0) is 5.92 Å². The first-order valence-electron chi connectivity index (χ1n) is 4.96. The molecule has 0 unspecified atom stereocenters. The topological polar surface area (TPSA) is 38.9 Å². The van der Waals surface area contributed by atoms with E-state index in [9.17, 15) is 0 Å². The van der Waals surface area contributed by atoms with Crippen molar-refractivity contribution in [2.24, 2.45) is 0 Å². The monoisotopic (exact) mass is 190 g/mol. The SMILES string of the molecule is CCc1nc(C(C)C)c2occc2n1. The highest BCUT2D eigenvalue weighted by Crippen LogP contribution is 2.23. The molecule has 0 aliphatic rings. The van der Waals surface area contributed by atoms with Gasteiger partial charge in [-0.1, -0.05) is 20.8 Å². The van der Waals surface area contributed by atoms with Gasteiger partial charge in [-0.2, -0.15) is 0 Å². The molecule has 0 aromatic carbocycles. The van der Waals surface area contributed by atoms with Crippen LogP contribution in [0.1, 0.15) is 38.2 Å².